The van der Waals surface area contributed by atoms with Gasteiger partial charge in [-0.2, -0.15) is 10.4 Å². The Morgan fingerprint density at radius 2 is 2.00 bits per heavy atom. The van der Waals surface area contributed by atoms with Gasteiger partial charge in [-0.1, -0.05) is 29.8 Å². The largest absolute Gasteiger partial charge is 0.383 e. The van der Waals surface area contributed by atoms with Gasteiger partial charge in [-0.3, -0.25) is 0 Å². The van der Waals surface area contributed by atoms with Crippen LogP contribution in [0, 0.1) is 18.3 Å². The fourth-order valence-corrected chi connectivity index (χ4v) is 3.68. The summed E-state index contributed by atoms with van der Waals surface area (Å²) in [4.78, 5) is 10.5. The molecule has 0 spiro atoms. The molecule has 0 saturated carbocycles. The molecular weight excluding hydrogens is 374 g/mol. The van der Waals surface area contributed by atoms with E-state index in [4.69, 9.17) is 17.3 Å². The van der Waals surface area contributed by atoms with E-state index in [1.54, 1.807) is 0 Å². The van der Waals surface area contributed by atoms with Crippen molar-refractivity contribution >= 4 is 34.1 Å². The Morgan fingerprint density at radius 3 is 2.71 bits per heavy atom. The fraction of sp³-hybridized carbons (Fsp3) is 0.200. The van der Waals surface area contributed by atoms with Gasteiger partial charge in [-0.25, -0.2) is 14.6 Å². The number of hydrogen-bond donors (Lipinski definition) is 1. The van der Waals surface area contributed by atoms with E-state index < -0.39 is 0 Å². The van der Waals surface area contributed by atoms with Crippen molar-refractivity contribution in [3.8, 4) is 6.07 Å². The van der Waals surface area contributed by atoms with Crippen LogP contribution in [0.5, 0.6) is 0 Å². The van der Waals surface area contributed by atoms with Gasteiger partial charge in [0, 0.05) is 11.4 Å². The number of nitrogens with two attached hydrogens (primary N) is 1. The Morgan fingerprint density at radius 1 is 1.25 bits per heavy atom. The molecule has 2 N–H and O–H groups in total. The molecule has 0 amide bonds. The Hall–Kier alpha value is -3.37. The molecule has 1 aliphatic rings. The molecule has 0 fully saturated rings. The van der Waals surface area contributed by atoms with Crippen LogP contribution < -0.4 is 10.6 Å². The minimum absolute atomic E-state index is 0.195. The van der Waals surface area contributed by atoms with Crippen LogP contribution in [0.2, 0.25) is 0 Å². The van der Waals surface area contributed by atoms with Crippen LogP contribution in [-0.4, -0.2) is 26.3 Å². The van der Waals surface area contributed by atoms with Crippen LogP contribution in [-0.2, 0) is 0 Å². The minimum atomic E-state index is -0.195. The third-order valence-electron chi connectivity index (χ3n) is 4.88. The van der Waals surface area contributed by atoms with Crippen LogP contribution >= 0.6 is 11.6 Å². The summed E-state index contributed by atoms with van der Waals surface area (Å²) in [6.07, 6.45) is 3.27. The van der Waals surface area contributed by atoms with Crippen molar-refractivity contribution in [3.63, 3.8) is 0 Å². The van der Waals surface area contributed by atoms with Crippen LogP contribution in [0.4, 0.5) is 11.5 Å². The summed E-state index contributed by atoms with van der Waals surface area (Å²) in [7, 11) is 0. The predicted octanol–water partition coefficient (Wildman–Crippen LogP) is 3.70. The number of halogens is 1. The second-order valence-corrected chi connectivity index (χ2v) is 7.00. The highest BCUT2D eigenvalue weighted by Gasteiger charge is 2.28. The lowest BCUT2D eigenvalue weighted by Gasteiger charge is -2.34. The summed E-state index contributed by atoms with van der Waals surface area (Å²) in [5.41, 5.74) is 9.87. The van der Waals surface area contributed by atoms with Gasteiger partial charge in [0.2, 0.25) is 0 Å². The molecule has 140 valence electrons. The quantitative estimate of drug-likeness (QED) is 0.731. The van der Waals surface area contributed by atoms with Gasteiger partial charge >= 0.3 is 0 Å². The van der Waals surface area contributed by atoms with Gasteiger partial charge in [-0.05, 0) is 32.1 Å². The Balaban J connectivity index is 1.87. The molecule has 1 atom stereocenters. The number of para-hydroxylation sites is 1. The molecule has 8 heteroatoms. The Labute approximate surface area is 167 Å². The molecule has 28 heavy (non-hydrogen) atoms. The first-order chi connectivity index (χ1) is 13.5. The molecule has 7 nitrogen and oxygen atoms in total. The van der Waals surface area contributed by atoms with Crippen LogP contribution in [0.3, 0.4) is 0 Å². The molecule has 1 aromatic carbocycles. The average Bonchev–Trinajstić information content (AvgIpc) is 3.05. The maximum Gasteiger partial charge on any atom is 0.164 e. The maximum atomic E-state index is 9.45. The average molecular weight is 392 g/mol. The van der Waals surface area contributed by atoms with Crippen molar-refractivity contribution in [2.75, 3.05) is 17.2 Å². The van der Waals surface area contributed by atoms with Crippen LogP contribution in [0.25, 0.3) is 11.0 Å². The van der Waals surface area contributed by atoms with E-state index in [2.05, 4.69) is 26.0 Å². The van der Waals surface area contributed by atoms with E-state index in [1.807, 2.05) is 54.9 Å². The first-order valence-corrected chi connectivity index (χ1v) is 9.17. The fourth-order valence-electron chi connectivity index (χ4n) is 3.47. The third kappa shape index (κ3) is 2.88. The number of anilines is 2. The van der Waals surface area contributed by atoms with Crippen molar-refractivity contribution in [1.82, 2.24) is 19.7 Å². The number of aromatic nitrogens is 4. The standard InChI is InChI=1S/C20H18ClN7/c1-12-18-19(23)24-11-25-20(18)28(26-12)13(2)17-8-16(21)14(9-22)10-27(17)15-6-4-3-5-7-15/h3-8,11,13H,10H2,1-2H3,(H2,23,24,25). The van der Waals surface area contributed by atoms with Gasteiger partial charge in [-0.15, -0.1) is 0 Å². The molecule has 0 saturated heterocycles. The predicted molar refractivity (Wildman–Crippen MR) is 110 cm³/mol. The number of nitrogens with zero attached hydrogens (tertiary/aromatic N) is 6. The van der Waals surface area contributed by atoms with Crippen molar-refractivity contribution in [3.05, 3.63) is 64.7 Å². The lowest BCUT2D eigenvalue weighted by molar-refractivity contribution is 0.548. The van der Waals surface area contributed by atoms with Crippen molar-refractivity contribution in [2.45, 2.75) is 19.9 Å². The summed E-state index contributed by atoms with van der Waals surface area (Å²) >= 11 is 6.39. The second-order valence-electron chi connectivity index (χ2n) is 6.59. The number of benzene rings is 1. The smallest absolute Gasteiger partial charge is 0.164 e. The van der Waals surface area contributed by atoms with Crippen LogP contribution in [0.15, 0.2) is 59.0 Å². The molecule has 3 aromatic rings. The number of nitriles is 1. The number of fused-ring (bicyclic) bond motifs is 1. The minimum Gasteiger partial charge on any atom is -0.383 e. The van der Waals surface area contributed by atoms with E-state index in [1.165, 1.54) is 6.33 Å². The van der Waals surface area contributed by atoms with Crippen molar-refractivity contribution in [1.29, 1.82) is 5.26 Å². The number of hydrogen-bond acceptors (Lipinski definition) is 6. The number of nitrogen functional groups attached to an aromatic ring is 1. The molecule has 4 rings (SSSR count). The Kier molecular flexibility index (Phi) is 4.49. The molecule has 1 aliphatic heterocycles. The zero-order chi connectivity index (χ0) is 19.8. The van der Waals surface area contributed by atoms with Crippen LogP contribution in [0.1, 0.15) is 18.7 Å². The molecule has 0 radical (unpaired) electrons. The zero-order valence-corrected chi connectivity index (χ0v) is 16.2. The molecule has 2 aromatic heterocycles. The summed E-state index contributed by atoms with van der Waals surface area (Å²) in [5, 5.41) is 15.3. The SMILES string of the molecule is Cc1nn(C(C)C2=CC(Cl)=C(C#N)CN2c2ccccc2)c2ncnc(N)c12. The first-order valence-electron chi connectivity index (χ1n) is 8.79. The van der Waals surface area contributed by atoms with Crippen molar-refractivity contribution in [2.24, 2.45) is 0 Å². The zero-order valence-electron chi connectivity index (χ0n) is 15.5. The van der Waals surface area contributed by atoms with Gasteiger partial charge in [0.05, 0.1) is 40.3 Å². The summed E-state index contributed by atoms with van der Waals surface area (Å²) in [6.45, 7) is 4.30. The van der Waals surface area contributed by atoms with Crippen molar-refractivity contribution < 1.29 is 0 Å². The molecular formula is C20H18ClN7. The van der Waals surface area contributed by atoms with E-state index in [9.17, 15) is 5.26 Å². The maximum absolute atomic E-state index is 9.45. The number of aryl methyl sites for hydroxylation is 1. The van der Waals surface area contributed by atoms with E-state index in [0.29, 0.717) is 28.6 Å². The second kappa shape index (κ2) is 6.98. The van der Waals surface area contributed by atoms with Gasteiger partial charge in [0.15, 0.2) is 5.65 Å². The van der Waals surface area contributed by atoms with Gasteiger partial charge < -0.3 is 10.6 Å². The number of allylic oxidation sites excluding steroid dienone is 3. The lowest BCUT2D eigenvalue weighted by Crippen LogP contribution is -2.32. The number of rotatable bonds is 3. The summed E-state index contributed by atoms with van der Waals surface area (Å²) < 4.78 is 1.83. The lowest BCUT2D eigenvalue weighted by atomic mass is 10.1. The van der Waals surface area contributed by atoms with E-state index >= 15 is 0 Å². The molecule has 1 unspecified atom stereocenters. The normalized spacial score (nSPS) is 15.5. The molecule has 0 bridgehead atoms. The Bertz CT molecular complexity index is 1150. The van der Waals surface area contributed by atoms with E-state index in [0.717, 1.165) is 22.5 Å². The highest BCUT2D eigenvalue weighted by molar-refractivity contribution is 6.32. The van der Waals surface area contributed by atoms with E-state index in [-0.39, 0.29) is 6.04 Å². The highest BCUT2D eigenvalue weighted by atomic mass is 35.5. The summed E-state index contributed by atoms with van der Waals surface area (Å²) in [6, 6.07) is 11.9. The van der Waals surface area contributed by atoms with Gasteiger partial charge in [0.1, 0.15) is 12.1 Å². The monoisotopic (exact) mass is 391 g/mol. The molecule has 0 aliphatic carbocycles. The molecule has 3 heterocycles. The topological polar surface area (TPSA) is 96.6 Å². The highest BCUT2D eigenvalue weighted by Crippen LogP contribution is 2.35. The first kappa shape index (κ1) is 18.0. The third-order valence-corrected chi connectivity index (χ3v) is 5.22. The summed E-state index contributed by atoms with van der Waals surface area (Å²) in [5.74, 6) is 0.406. The van der Waals surface area contributed by atoms with Gasteiger partial charge in [0.25, 0.3) is 0 Å².